The molecule has 0 radical (unpaired) electrons. The molecule has 1 heterocycles. The maximum absolute atomic E-state index is 12.9. The Morgan fingerprint density at radius 3 is 2.48 bits per heavy atom. The molecule has 0 aromatic heterocycles. The predicted molar refractivity (Wildman–Crippen MR) is 99.3 cm³/mol. The van der Waals surface area contributed by atoms with Crippen molar-refractivity contribution in [2.24, 2.45) is 0 Å². The molecule has 5 heteroatoms. The number of ether oxygens (including phenoxy) is 1. The number of benzene rings is 2. The molecule has 25 heavy (non-hydrogen) atoms. The maximum atomic E-state index is 12.9. The van der Waals surface area contributed by atoms with E-state index in [4.69, 9.17) is 4.74 Å². The zero-order valence-corrected chi connectivity index (χ0v) is 16.1. The topological polar surface area (TPSA) is 46.6 Å². The zero-order chi connectivity index (χ0) is 18.2. The van der Waals surface area contributed by atoms with Gasteiger partial charge >= 0.3 is 0 Å². The fraction of sp³-hybridized carbons (Fsp3) is 0.400. The summed E-state index contributed by atoms with van der Waals surface area (Å²) < 4.78 is 33.1. The first-order valence-electron chi connectivity index (χ1n) is 8.51. The van der Waals surface area contributed by atoms with Gasteiger partial charge in [-0.2, -0.15) is 4.31 Å². The second-order valence-electron chi connectivity index (χ2n) is 7.38. The number of hydrogen-bond donors (Lipinski definition) is 0. The van der Waals surface area contributed by atoms with Gasteiger partial charge in [-0.05, 0) is 62.9 Å². The Kier molecular flexibility index (Phi) is 4.64. The smallest absolute Gasteiger partial charge is 0.243 e. The third kappa shape index (κ3) is 3.88. The van der Waals surface area contributed by atoms with Gasteiger partial charge in [0.15, 0.2) is 0 Å². The van der Waals surface area contributed by atoms with E-state index < -0.39 is 10.0 Å². The van der Waals surface area contributed by atoms with Crippen molar-refractivity contribution < 1.29 is 13.2 Å². The van der Waals surface area contributed by atoms with Crippen molar-refractivity contribution in [3.63, 3.8) is 0 Å². The van der Waals surface area contributed by atoms with Crippen LogP contribution in [0.1, 0.15) is 37.0 Å². The van der Waals surface area contributed by atoms with E-state index in [2.05, 4.69) is 13.8 Å². The molecule has 2 aromatic rings. The molecule has 0 saturated heterocycles. The van der Waals surface area contributed by atoms with E-state index in [0.717, 1.165) is 35.3 Å². The molecule has 0 N–H and O–H groups in total. The van der Waals surface area contributed by atoms with Crippen LogP contribution in [-0.2, 0) is 23.0 Å². The van der Waals surface area contributed by atoms with Crippen LogP contribution in [0.25, 0.3) is 0 Å². The number of fused-ring (bicyclic) bond motifs is 1. The highest BCUT2D eigenvalue weighted by Gasteiger charge is 2.28. The lowest BCUT2D eigenvalue weighted by Gasteiger charge is -2.32. The Morgan fingerprint density at radius 2 is 1.80 bits per heavy atom. The van der Waals surface area contributed by atoms with E-state index in [1.54, 1.807) is 25.2 Å². The van der Waals surface area contributed by atoms with E-state index in [1.807, 2.05) is 31.2 Å². The van der Waals surface area contributed by atoms with Gasteiger partial charge in [0.05, 0.1) is 4.90 Å². The Morgan fingerprint density at radius 1 is 1.12 bits per heavy atom. The summed E-state index contributed by atoms with van der Waals surface area (Å²) in [6.07, 6.45) is 1.70. The first-order valence-corrected chi connectivity index (χ1v) is 9.95. The molecule has 134 valence electrons. The number of rotatable bonds is 4. The van der Waals surface area contributed by atoms with Gasteiger partial charge in [-0.1, -0.05) is 29.8 Å². The molecule has 0 spiro atoms. The van der Waals surface area contributed by atoms with Gasteiger partial charge < -0.3 is 4.74 Å². The maximum Gasteiger partial charge on any atom is 0.243 e. The third-order valence-corrected chi connectivity index (χ3v) is 6.45. The van der Waals surface area contributed by atoms with Gasteiger partial charge in [0, 0.05) is 13.6 Å². The van der Waals surface area contributed by atoms with E-state index in [-0.39, 0.29) is 5.60 Å². The fourth-order valence-electron chi connectivity index (χ4n) is 3.01. The van der Waals surface area contributed by atoms with Crippen LogP contribution < -0.4 is 4.74 Å². The molecule has 0 amide bonds. The number of nitrogens with zero attached hydrogens (tertiary/aromatic N) is 1. The third-order valence-electron chi connectivity index (χ3n) is 4.65. The van der Waals surface area contributed by atoms with Crippen LogP contribution in [0.3, 0.4) is 0 Å². The highest BCUT2D eigenvalue weighted by atomic mass is 32.2. The molecule has 0 fully saturated rings. The van der Waals surface area contributed by atoms with E-state index in [1.165, 1.54) is 4.31 Å². The summed E-state index contributed by atoms with van der Waals surface area (Å²) in [6, 6.07) is 13.1. The summed E-state index contributed by atoms with van der Waals surface area (Å²) in [7, 11) is -1.91. The minimum absolute atomic E-state index is 0.199. The second-order valence-corrected chi connectivity index (χ2v) is 9.42. The summed E-state index contributed by atoms with van der Waals surface area (Å²) >= 11 is 0. The summed E-state index contributed by atoms with van der Waals surface area (Å²) in [5, 5.41) is 0. The van der Waals surface area contributed by atoms with Crippen molar-refractivity contribution in [3.05, 3.63) is 59.2 Å². The van der Waals surface area contributed by atoms with Crippen molar-refractivity contribution in [2.75, 3.05) is 7.05 Å². The molecule has 0 aliphatic carbocycles. The Hall–Kier alpha value is -1.85. The molecule has 1 aliphatic heterocycles. The average molecular weight is 359 g/mol. The standard InChI is InChI=1S/C20H25NO3S/c1-15-5-7-16(8-6-15)14-21(4)25(22,23)18-9-10-19-17(13-18)11-12-20(2,3)24-19/h5-10,13H,11-12,14H2,1-4H3. The first-order chi connectivity index (χ1) is 11.7. The fourth-order valence-corrected chi connectivity index (χ4v) is 4.22. The lowest BCUT2D eigenvalue weighted by molar-refractivity contribution is 0.0845. The van der Waals surface area contributed by atoms with Crippen LogP contribution in [0.2, 0.25) is 0 Å². The van der Waals surface area contributed by atoms with Gasteiger partial charge in [0.1, 0.15) is 11.4 Å². The summed E-state index contributed by atoms with van der Waals surface area (Å²) in [6.45, 7) is 6.47. The minimum atomic E-state index is -3.53. The van der Waals surface area contributed by atoms with Crippen LogP contribution in [0.15, 0.2) is 47.4 Å². The molecule has 0 bridgehead atoms. The second kappa shape index (κ2) is 6.46. The monoisotopic (exact) mass is 359 g/mol. The van der Waals surface area contributed by atoms with Crippen LogP contribution in [0, 0.1) is 6.92 Å². The molecule has 3 rings (SSSR count). The average Bonchev–Trinajstić information content (AvgIpc) is 2.55. The van der Waals surface area contributed by atoms with Crippen molar-refractivity contribution in [1.29, 1.82) is 0 Å². The largest absolute Gasteiger partial charge is 0.488 e. The number of sulfonamides is 1. The first kappa shape index (κ1) is 18.0. The Balaban J connectivity index is 1.83. The molecular formula is C20H25NO3S. The van der Waals surface area contributed by atoms with Gasteiger partial charge in [0.25, 0.3) is 0 Å². The summed E-state index contributed by atoms with van der Waals surface area (Å²) in [5.41, 5.74) is 2.89. The van der Waals surface area contributed by atoms with Crippen molar-refractivity contribution >= 4 is 10.0 Å². The normalized spacial score (nSPS) is 16.4. The lowest BCUT2D eigenvalue weighted by Crippen LogP contribution is -2.33. The predicted octanol–water partition coefficient (Wildman–Crippen LogP) is 3.92. The summed E-state index contributed by atoms with van der Waals surface area (Å²) in [5.74, 6) is 0.788. The Labute approximate surface area is 150 Å². The van der Waals surface area contributed by atoms with Crippen molar-refractivity contribution in [3.8, 4) is 5.75 Å². The van der Waals surface area contributed by atoms with Crippen LogP contribution >= 0.6 is 0 Å². The lowest BCUT2D eigenvalue weighted by atomic mass is 9.94. The molecule has 0 atom stereocenters. The molecule has 0 saturated carbocycles. The van der Waals surface area contributed by atoms with E-state index in [0.29, 0.717) is 11.4 Å². The van der Waals surface area contributed by atoms with Crippen LogP contribution in [0.4, 0.5) is 0 Å². The molecule has 4 nitrogen and oxygen atoms in total. The Bertz CT molecular complexity index is 870. The van der Waals surface area contributed by atoms with Crippen LogP contribution in [-0.4, -0.2) is 25.4 Å². The number of hydrogen-bond acceptors (Lipinski definition) is 3. The highest BCUT2D eigenvalue weighted by Crippen LogP contribution is 2.34. The van der Waals surface area contributed by atoms with Crippen LogP contribution in [0.5, 0.6) is 5.75 Å². The summed E-state index contributed by atoms with van der Waals surface area (Å²) in [4.78, 5) is 0.323. The highest BCUT2D eigenvalue weighted by molar-refractivity contribution is 7.89. The quantitative estimate of drug-likeness (QED) is 0.831. The van der Waals surface area contributed by atoms with Crippen molar-refractivity contribution in [2.45, 2.75) is 50.7 Å². The zero-order valence-electron chi connectivity index (χ0n) is 15.2. The van der Waals surface area contributed by atoms with Gasteiger partial charge in [-0.15, -0.1) is 0 Å². The van der Waals surface area contributed by atoms with E-state index in [9.17, 15) is 8.42 Å². The minimum Gasteiger partial charge on any atom is -0.488 e. The molecule has 1 aliphatic rings. The number of aryl methyl sites for hydroxylation is 2. The SMILES string of the molecule is Cc1ccc(CN(C)S(=O)(=O)c2ccc3c(c2)CCC(C)(C)O3)cc1. The van der Waals surface area contributed by atoms with E-state index >= 15 is 0 Å². The van der Waals surface area contributed by atoms with Crippen molar-refractivity contribution in [1.82, 2.24) is 4.31 Å². The molecular weight excluding hydrogens is 334 g/mol. The van der Waals surface area contributed by atoms with Gasteiger partial charge in [-0.25, -0.2) is 8.42 Å². The van der Waals surface area contributed by atoms with Gasteiger partial charge in [-0.3, -0.25) is 0 Å². The molecule has 2 aromatic carbocycles. The van der Waals surface area contributed by atoms with Gasteiger partial charge in [0.2, 0.25) is 10.0 Å². The molecule has 0 unspecified atom stereocenters.